The largest absolute Gasteiger partial charge is 0.506 e. The lowest BCUT2D eigenvalue weighted by Gasteiger charge is -2.21. The number of halogens is 1. The molecular weight excluding hydrogens is 266 g/mol. The third kappa shape index (κ3) is 2.25. The highest BCUT2D eigenvalue weighted by Gasteiger charge is 2.18. The van der Waals surface area contributed by atoms with Crippen LogP contribution in [0, 0.1) is 0 Å². The molecule has 0 aromatic heterocycles. The van der Waals surface area contributed by atoms with Crippen molar-refractivity contribution in [1.82, 2.24) is 0 Å². The highest BCUT2D eigenvalue weighted by Crippen LogP contribution is 2.37. The lowest BCUT2D eigenvalue weighted by Crippen LogP contribution is -2.09. The maximum Gasteiger partial charge on any atom is 0.133 e. The molecule has 3 N–H and O–H groups in total. The zero-order chi connectivity index (χ0) is 11.5. The van der Waals surface area contributed by atoms with Gasteiger partial charge in [-0.2, -0.15) is 0 Å². The average molecular weight is 284 g/mol. The minimum Gasteiger partial charge on any atom is -0.506 e. The van der Waals surface area contributed by atoms with Crippen LogP contribution in [0.5, 0.6) is 5.75 Å². The third-order valence-electron chi connectivity index (χ3n) is 3.32. The molecule has 1 aliphatic carbocycles. The molecule has 1 aromatic carbocycles. The Hall–Kier alpha value is -0.540. The van der Waals surface area contributed by atoms with E-state index in [0.29, 0.717) is 12.3 Å². The van der Waals surface area contributed by atoms with Crippen LogP contribution in [0.2, 0.25) is 0 Å². The predicted molar refractivity (Wildman–Crippen MR) is 69.8 cm³/mol. The Labute approximate surface area is 105 Å². The summed E-state index contributed by atoms with van der Waals surface area (Å²) in [6.07, 6.45) is 6.59. The lowest BCUT2D eigenvalue weighted by molar-refractivity contribution is 0.460. The van der Waals surface area contributed by atoms with Gasteiger partial charge in [-0.25, -0.2) is 0 Å². The second-order valence-electron chi connectivity index (χ2n) is 4.42. The zero-order valence-corrected chi connectivity index (χ0v) is 11.0. The van der Waals surface area contributed by atoms with Crippen molar-refractivity contribution >= 4 is 15.9 Å². The number of nitrogens with two attached hydrogens (primary N) is 1. The highest BCUT2D eigenvalue weighted by atomic mass is 79.9. The van der Waals surface area contributed by atoms with Crippen molar-refractivity contribution in [2.45, 2.75) is 38.5 Å². The van der Waals surface area contributed by atoms with Crippen LogP contribution < -0.4 is 5.73 Å². The zero-order valence-electron chi connectivity index (χ0n) is 9.43. The number of fused-ring (bicyclic) bond motifs is 1. The molecule has 0 unspecified atom stereocenters. The minimum absolute atomic E-state index is 0.425. The molecule has 0 spiro atoms. The first kappa shape index (κ1) is 11.9. The van der Waals surface area contributed by atoms with E-state index in [4.69, 9.17) is 5.73 Å². The van der Waals surface area contributed by atoms with Gasteiger partial charge in [0.2, 0.25) is 0 Å². The molecule has 2 rings (SSSR count). The molecule has 0 saturated carbocycles. The normalized spacial score (nSPS) is 14.9. The molecule has 3 heteroatoms. The summed E-state index contributed by atoms with van der Waals surface area (Å²) < 4.78 is 0.833. The molecule has 88 valence electrons. The van der Waals surface area contributed by atoms with Crippen LogP contribution in [0.15, 0.2) is 10.5 Å². The molecule has 0 fully saturated rings. The van der Waals surface area contributed by atoms with Gasteiger partial charge in [-0.15, -0.1) is 0 Å². The topological polar surface area (TPSA) is 46.2 Å². The maximum atomic E-state index is 10.1. The molecule has 0 amide bonds. The average Bonchev–Trinajstić information content (AvgIpc) is 2.30. The quantitative estimate of drug-likeness (QED) is 0.896. The van der Waals surface area contributed by atoms with Crippen molar-refractivity contribution in [1.29, 1.82) is 0 Å². The van der Waals surface area contributed by atoms with Crippen LogP contribution in [0.25, 0.3) is 0 Å². The first-order valence-electron chi connectivity index (χ1n) is 5.96. The van der Waals surface area contributed by atoms with Gasteiger partial charge in [-0.1, -0.05) is 0 Å². The number of aryl methyl sites for hydroxylation is 1. The number of aromatic hydroxyl groups is 1. The number of phenols is 1. The summed E-state index contributed by atoms with van der Waals surface area (Å²) in [5.74, 6) is 0.425. The van der Waals surface area contributed by atoms with Gasteiger partial charge in [0.1, 0.15) is 5.75 Å². The van der Waals surface area contributed by atoms with Crippen molar-refractivity contribution in [2.24, 2.45) is 5.73 Å². The number of hydrogen-bond acceptors (Lipinski definition) is 2. The van der Waals surface area contributed by atoms with E-state index in [1.165, 1.54) is 24.0 Å². The van der Waals surface area contributed by atoms with Gasteiger partial charge < -0.3 is 10.8 Å². The first-order chi connectivity index (χ1) is 7.74. The fraction of sp³-hybridized carbons (Fsp3) is 0.538. The molecule has 0 heterocycles. The summed E-state index contributed by atoms with van der Waals surface area (Å²) >= 11 is 3.44. The van der Waals surface area contributed by atoms with E-state index in [1.807, 2.05) is 0 Å². The van der Waals surface area contributed by atoms with Crippen LogP contribution in [-0.2, 0) is 19.3 Å². The van der Waals surface area contributed by atoms with Crippen LogP contribution in [0.4, 0.5) is 0 Å². The van der Waals surface area contributed by atoms with Crippen LogP contribution in [-0.4, -0.2) is 11.7 Å². The van der Waals surface area contributed by atoms with Gasteiger partial charge >= 0.3 is 0 Å². The molecule has 0 bridgehead atoms. The summed E-state index contributed by atoms with van der Waals surface area (Å²) in [6.45, 7) is 0.681. The minimum atomic E-state index is 0.425. The van der Waals surface area contributed by atoms with Crippen LogP contribution in [0.1, 0.15) is 36.0 Å². The predicted octanol–water partition coefficient (Wildman–Crippen LogP) is 2.92. The number of hydrogen-bond donors (Lipinski definition) is 2. The first-order valence-corrected chi connectivity index (χ1v) is 6.75. The molecule has 16 heavy (non-hydrogen) atoms. The van der Waals surface area contributed by atoms with Crippen LogP contribution in [0.3, 0.4) is 0 Å². The molecule has 0 radical (unpaired) electrons. The Bertz CT molecular complexity index is 390. The van der Waals surface area contributed by atoms with Gasteiger partial charge in [0.15, 0.2) is 0 Å². The molecule has 0 saturated heterocycles. The van der Waals surface area contributed by atoms with Gasteiger partial charge in [0.05, 0.1) is 4.47 Å². The van der Waals surface area contributed by atoms with E-state index < -0.39 is 0 Å². The highest BCUT2D eigenvalue weighted by molar-refractivity contribution is 9.10. The van der Waals surface area contributed by atoms with Crippen molar-refractivity contribution < 1.29 is 5.11 Å². The summed E-state index contributed by atoms with van der Waals surface area (Å²) in [7, 11) is 0. The van der Waals surface area contributed by atoms with Crippen molar-refractivity contribution in [3.63, 3.8) is 0 Å². The lowest BCUT2D eigenvalue weighted by atomic mass is 9.86. The van der Waals surface area contributed by atoms with E-state index in [9.17, 15) is 5.11 Å². The molecule has 1 aliphatic rings. The van der Waals surface area contributed by atoms with Crippen molar-refractivity contribution in [3.8, 4) is 5.75 Å². The van der Waals surface area contributed by atoms with Gasteiger partial charge in [-0.05, 0) is 83.8 Å². The summed E-state index contributed by atoms with van der Waals surface area (Å²) in [6, 6.07) is 2.08. The summed E-state index contributed by atoms with van der Waals surface area (Å²) in [4.78, 5) is 0. The van der Waals surface area contributed by atoms with E-state index in [2.05, 4.69) is 22.0 Å². The fourth-order valence-electron chi connectivity index (χ4n) is 2.49. The van der Waals surface area contributed by atoms with E-state index in [1.54, 1.807) is 0 Å². The van der Waals surface area contributed by atoms with Crippen molar-refractivity contribution in [2.75, 3.05) is 6.54 Å². The summed E-state index contributed by atoms with van der Waals surface area (Å²) in [5.41, 5.74) is 9.45. The SMILES string of the molecule is NCCCc1c(O)c(Br)cc2c1CCCC2. The van der Waals surface area contributed by atoms with Crippen LogP contribution >= 0.6 is 15.9 Å². The monoisotopic (exact) mass is 283 g/mol. The fourth-order valence-corrected chi connectivity index (χ4v) is 3.00. The smallest absolute Gasteiger partial charge is 0.133 e. The molecule has 2 nitrogen and oxygen atoms in total. The second kappa shape index (κ2) is 5.19. The standard InChI is InChI=1S/C13H18BrNO/c14-12-8-9-4-1-2-5-10(9)11(13(12)16)6-3-7-15/h8,16H,1-7,15H2. The Kier molecular flexibility index (Phi) is 3.87. The van der Waals surface area contributed by atoms with Gasteiger partial charge in [-0.3, -0.25) is 0 Å². The Morgan fingerprint density at radius 3 is 2.81 bits per heavy atom. The molecule has 1 aromatic rings. The number of benzene rings is 1. The summed E-state index contributed by atoms with van der Waals surface area (Å²) in [5, 5.41) is 10.1. The number of rotatable bonds is 3. The molecule has 0 aliphatic heterocycles. The van der Waals surface area contributed by atoms with E-state index in [-0.39, 0.29) is 0 Å². The Morgan fingerprint density at radius 1 is 1.31 bits per heavy atom. The van der Waals surface area contributed by atoms with Gasteiger partial charge in [0, 0.05) is 0 Å². The maximum absolute atomic E-state index is 10.1. The van der Waals surface area contributed by atoms with E-state index >= 15 is 0 Å². The third-order valence-corrected chi connectivity index (χ3v) is 3.92. The number of phenolic OH excluding ortho intramolecular Hbond substituents is 1. The van der Waals surface area contributed by atoms with E-state index in [0.717, 1.165) is 35.7 Å². The van der Waals surface area contributed by atoms with Crippen molar-refractivity contribution in [3.05, 3.63) is 27.2 Å². The van der Waals surface area contributed by atoms with Gasteiger partial charge in [0.25, 0.3) is 0 Å². The Balaban J connectivity index is 2.41. The molecule has 0 atom stereocenters. The second-order valence-corrected chi connectivity index (χ2v) is 5.28. The Morgan fingerprint density at radius 2 is 2.06 bits per heavy atom. The molecular formula is C13H18BrNO.